The van der Waals surface area contributed by atoms with Crippen LogP contribution in [0.25, 0.3) is 0 Å². The second-order valence-electron chi connectivity index (χ2n) is 4.72. The van der Waals surface area contributed by atoms with Gasteiger partial charge in [0.1, 0.15) is 17.4 Å². The average molecular weight is 277 g/mol. The molecule has 0 aromatic heterocycles. The van der Waals surface area contributed by atoms with Gasteiger partial charge in [-0.15, -0.1) is 0 Å². The lowest BCUT2D eigenvalue weighted by molar-refractivity contribution is 0.414. The highest BCUT2D eigenvalue weighted by Gasteiger charge is 2.13. The van der Waals surface area contributed by atoms with Crippen LogP contribution in [0, 0.1) is 11.6 Å². The van der Waals surface area contributed by atoms with Crippen molar-refractivity contribution in [3.05, 3.63) is 65.2 Å². The fourth-order valence-electron chi connectivity index (χ4n) is 2.16. The van der Waals surface area contributed by atoms with Crippen LogP contribution in [0.1, 0.15) is 11.1 Å². The van der Waals surface area contributed by atoms with Gasteiger partial charge >= 0.3 is 0 Å². The molecule has 1 unspecified atom stereocenters. The van der Waals surface area contributed by atoms with Crippen molar-refractivity contribution >= 4 is 0 Å². The van der Waals surface area contributed by atoms with E-state index in [2.05, 4.69) is 0 Å². The maximum Gasteiger partial charge on any atom is 0.129 e. The molecule has 2 rings (SSSR count). The van der Waals surface area contributed by atoms with Gasteiger partial charge in [-0.1, -0.05) is 18.2 Å². The van der Waals surface area contributed by atoms with Crippen LogP contribution in [0.5, 0.6) is 5.75 Å². The van der Waals surface area contributed by atoms with Crippen molar-refractivity contribution in [1.82, 2.24) is 0 Å². The van der Waals surface area contributed by atoms with Crippen LogP contribution in [-0.4, -0.2) is 13.2 Å². The van der Waals surface area contributed by atoms with Crippen LogP contribution in [0.3, 0.4) is 0 Å². The first-order chi connectivity index (χ1) is 9.60. The first-order valence-electron chi connectivity index (χ1n) is 6.41. The average Bonchev–Trinajstić information content (AvgIpc) is 2.43. The van der Waals surface area contributed by atoms with E-state index in [1.807, 2.05) is 24.3 Å². The van der Waals surface area contributed by atoms with E-state index in [1.165, 1.54) is 18.2 Å². The molecule has 106 valence electrons. The van der Waals surface area contributed by atoms with E-state index >= 15 is 0 Å². The number of rotatable bonds is 5. The molecule has 0 fully saturated rings. The van der Waals surface area contributed by atoms with E-state index in [9.17, 15) is 8.78 Å². The SMILES string of the molecule is COc1cccc(CC(N)Cc2c(F)cccc2F)c1. The van der Waals surface area contributed by atoms with Crippen LogP contribution >= 0.6 is 0 Å². The highest BCUT2D eigenvalue weighted by Crippen LogP contribution is 2.17. The molecule has 0 saturated heterocycles. The molecule has 0 amide bonds. The smallest absolute Gasteiger partial charge is 0.129 e. The van der Waals surface area contributed by atoms with E-state index in [0.29, 0.717) is 6.42 Å². The van der Waals surface area contributed by atoms with Crippen molar-refractivity contribution < 1.29 is 13.5 Å². The Morgan fingerprint density at radius 3 is 2.35 bits per heavy atom. The molecule has 2 aromatic rings. The Balaban J connectivity index is 2.07. The van der Waals surface area contributed by atoms with Gasteiger partial charge in [0.25, 0.3) is 0 Å². The Kier molecular flexibility index (Phi) is 4.69. The maximum atomic E-state index is 13.6. The number of halogens is 2. The molecule has 0 spiro atoms. The highest BCUT2D eigenvalue weighted by atomic mass is 19.1. The lowest BCUT2D eigenvalue weighted by Gasteiger charge is -2.13. The summed E-state index contributed by atoms with van der Waals surface area (Å²) < 4.78 is 32.2. The van der Waals surface area contributed by atoms with Gasteiger partial charge in [0, 0.05) is 11.6 Å². The summed E-state index contributed by atoms with van der Waals surface area (Å²) in [4.78, 5) is 0. The van der Waals surface area contributed by atoms with E-state index < -0.39 is 11.6 Å². The molecule has 0 aliphatic heterocycles. The monoisotopic (exact) mass is 277 g/mol. The molecular formula is C16H17F2NO. The van der Waals surface area contributed by atoms with Gasteiger partial charge in [-0.3, -0.25) is 0 Å². The van der Waals surface area contributed by atoms with Crippen molar-refractivity contribution in [2.24, 2.45) is 5.73 Å². The van der Waals surface area contributed by atoms with E-state index in [-0.39, 0.29) is 18.0 Å². The van der Waals surface area contributed by atoms with Gasteiger partial charge in [0.2, 0.25) is 0 Å². The van der Waals surface area contributed by atoms with E-state index in [4.69, 9.17) is 10.5 Å². The number of benzene rings is 2. The second-order valence-corrected chi connectivity index (χ2v) is 4.72. The molecule has 0 radical (unpaired) electrons. The summed E-state index contributed by atoms with van der Waals surface area (Å²) in [6, 6.07) is 11.0. The van der Waals surface area contributed by atoms with Crippen LogP contribution in [0.2, 0.25) is 0 Å². The number of hydrogen-bond donors (Lipinski definition) is 1. The third kappa shape index (κ3) is 3.54. The first-order valence-corrected chi connectivity index (χ1v) is 6.41. The lowest BCUT2D eigenvalue weighted by Crippen LogP contribution is -2.26. The second kappa shape index (κ2) is 6.48. The van der Waals surface area contributed by atoms with E-state index in [1.54, 1.807) is 7.11 Å². The Labute approximate surface area is 117 Å². The van der Waals surface area contributed by atoms with Crippen molar-refractivity contribution in [2.45, 2.75) is 18.9 Å². The summed E-state index contributed by atoms with van der Waals surface area (Å²) in [5.74, 6) is -0.357. The minimum Gasteiger partial charge on any atom is -0.497 e. The summed E-state index contributed by atoms with van der Waals surface area (Å²) in [7, 11) is 1.59. The molecule has 0 heterocycles. The molecule has 4 heteroatoms. The Morgan fingerprint density at radius 1 is 1.05 bits per heavy atom. The predicted octanol–water partition coefficient (Wildman–Crippen LogP) is 3.09. The zero-order valence-corrected chi connectivity index (χ0v) is 11.3. The van der Waals surface area contributed by atoms with Gasteiger partial charge in [0.15, 0.2) is 0 Å². The molecule has 0 bridgehead atoms. The molecule has 2 N–H and O–H groups in total. The molecule has 0 aliphatic carbocycles. The van der Waals surface area contributed by atoms with Crippen LogP contribution in [0.4, 0.5) is 8.78 Å². The lowest BCUT2D eigenvalue weighted by atomic mass is 9.99. The van der Waals surface area contributed by atoms with Gasteiger partial charge in [0.05, 0.1) is 7.11 Å². The van der Waals surface area contributed by atoms with Crippen LogP contribution in [-0.2, 0) is 12.8 Å². The molecule has 1 atom stereocenters. The summed E-state index contributed by atoms with van der Waals surface area (Å²) in [6.45, 7) is 0. The predicted molar refractivity (Wildman–Crippen MR) is 74.7 cm³/mol. The zero-order chi connectivity index (χ0) is 14.5. The number of methoxy groups -OCH3 is 1. The third-order valence-corrected chi connectivity index (χ3v) is 3.16. The minimum atomic E-state index is -0.550. The van der Waals surface area contributed by atoms with Gasteiger partial charge in [-0.25, -0.2) is 8.78 Å². The van der Waals surface area contributed by atoms with Gasteiger partial charge < -0.3 is 10.5 Å². The standard InChI is InChI=1S/C16H17F2NO/c1-20-13-5-2-4-11(9-13)8-12(19)10-14-15(17)6-3-7-16(14)18/h2-7,9,12H,8,10,19H2,1H3. The minimum absolute atomic E-state index is 0.0443. The summed E-state index contributed by atoms with van der Waals surface area (Å²) >= 11 is 0. The molecule has 2 aromatic carbocycles. The normalized spacial score (nSPS) is 12.2. The topological polar surface area (TPSA) is 35.2 Å². The highest BCUT2D eigenvalue weighted by molar-refractivity contribution is 5.29. The fourth-order valence-corrected chi connectivity index (χ4v) is 2.16. The number of hydrogen-bond acceptors (Lipinski definition) is 2. The Bertz CT molecular complexity index is 566. The van der Waals surface area contributed by atoms with Gasteiger partial charge in [-0.05, 0) is 42.7 Å². The Morgan fingerprint density at radius 2 is 1.70 bits per heavy atom. The maximum absolute atomic E-state index is 13.6. The molecule has 20 heavy (non-hydrogen) atoms. The Hall–Kier alpha value is -1.94. The van der Waals surface area contributed by atoms with Crippen LogP contribution < -0.4 is 10.5 Å². The summed E-state index contributed by atoms with van der Waals surface area (Å²) in [6.07, 6.45) is 0.695. The van der Waals surface area contributed by atoms with E-state index in [0.717, 1.165) is 11.3 Å². The molecule has 2 nitrogen and oxygen atoms in total. The molecular weight excluding hydrogens is 260 g/mol. The molecule has 0 aliphatic rings. The van der Waals surface area contributed by atoms with Crippen molar-refractivity contribution in [1.29, 1.82) is 0 Å². The largest absolute Gasteiger partial charge is 0.497 e. The summed E-state index contributed by atoms with van der Waals surface area (Å²) in [5.41, 5.74) is 7.02. The van der Waals surface area contributed by atoms with Crippen molar-refractivity contribution in [3.63, 3.8) is 0 Å². The van der Waals surface area contributed by atoms with Crippen molar-refractivity contribution in [3.8, 4) is 5.75 Å². The number of nitrogens with two attached hydrogens (primary N) is 1. The van der Waals surface area contributed by atoms with Crippen LogP contribution in [0.15, 0.2) is 42.5 Å². The third-order valence-electron chi connectivity index (χ3n) is 3.16. The summed E-state index contributed by atoms with van der Waals surface area (Å²) in [5, 5.41) is 0. The van der Waals surface area contributed by atoms with Gasteiger partial charge in [-0.2, -0.15) is 0 Å². The number of ether oxygens (including phenoxy) is 1. The van der Waals surface area contributed by atoms with Crippen molar-refractivity contribution in [2.75, 3.05) is 7.11 Å². The zero-order valence-electron chi connectivity index (χ0n) is 11.3. The first kappa shape index (κ1) is 14.5. The quantitative estimate of drug-likeness (QED) is 0.911. The fraction of sp³-hybridized carbons (Fsp3) is 0.250. The molecule has 0 saturated carbocycles.